The van der Waals surface area contributed by atoms with Gasteiger partial charge in [0.05, 0.1) is 0 Å². The molecule has 0 aliphatic rings. The molecule has 0 aliphatic carbocycles. The summed E-state index contributed by atoms with van der Waals surface area (Å²) in [6.45, 7) is 0.858. The van der Waals surface area contributed by atoms with Gasteiger partial charge >= 0.3 is 29.9 Å². The van der Waals surface area contributed by atoms with Crippen LogP contribution in [0.15, 0.2) is 0 Å². The predicted molar refractivity (Wildman–Crippen MR) is 53.5 cm³/mol. The second kappa shape index (κ2) is 5.65. The molecule has 21 heavy (non-hydrogen) atoms. The summed E-state index contributed by atoms with van der Waals surface area (Å²) in [4.78, 5) is 0. The van der Waals surface area contributed by atoms with Crippen LogP contribution in [0.2, 0.25) is 0 Å². The Kier molecular flexibility index (Phi) is 5.54. The molecular formula is C9H9F11S. The van der Waals surface area contributed by atoms with Crippen molar-refractivity contribution in [1.29, 1.82) is 0 Å². The first-order valence-electron chi connectivity index (χ1n) is 5.14. The molecule has 0 radical (unpaired) electrons. The fourth-order valence-electron chi connectivity index (χ4n) is 1.24. The van der Waals surface area contributed by atoms with E-state index in [0.717, 1.165) is 6.92 Å². The van der Waals surface area contributed by atoms with Crippen molar-refractivity contribution in [3.05, 3.63) is 0 Å². The summed E-state index contributed by atoms with van der Waals surface area (Å²) >= 11 is 3.40. The maximum absolute atomic E-state index is 13.1. The number of hydrogen-bond acceptors (Lipinski definition) is 1. The summed E-state index contributed by atoms with van der Waals surface area (Å²) < 4.78 is 138. The molecule has 0 aliphatic heterocycles. The molecule has 0 aromatic heterocycles. The Labute approximate surface area is 117 Å². The first-order chi connectivity index (χ1) is 8.95. The lowest BCUT2D eigenvalue weighted by Gasteiger charge is -2.37. The summed E-state index contributed by atoms with van der Waals surface area (Å²) in [5.41, 5.74) is 0. The highest BCUT2D eigenvalue weighted by Gasteiger charge is 2.86. The SMILES string of the molecule is CC(CS)CC(F)(F)C(F)(F)C(F)(F)C(F)(F)C(F)(F)F. The summed E-state index contributed by atoms with van der Waals surface area (Å²) in [5, 5.41) is 0. The summed E-state index contributed by atoms with van der Waals surface area (Å²) in [6.07, 6.45) is -9.15. The van der Waals surface area contributed by atoms with Crippen LogP contribution in [0.3, 0.4) is 0 Å². The van der Waals surface area contributed by atoms with Crippen molar-refractivity contribution in [3.8, 4) is 0 Å². The van der Waals surface area contributed by atoms with Gasteiger partial charge in [0, 0.05) is 6.42 Å². The van der Waals surface area contributed by atoms with Crippen LogP contribution in [0.4, 0.5) is 48.3 Å². The smallest absolute Gasteiger partial charge is 0.200 e. The number of alkyl halides is 11. The fraction of sp³-hybridized carbons (Fsp3) is 1.00. The Hall–Kier alpha value is -0.420. The molecule has 0 fully saturated rings. The van der Waals surface area contributed by atoms with Crippen LogP contribution in [0.1, 0.15) is 13.3 Å². The number of halogens is 11. The van der Waals surface area contributed by atoms with Crippen molar-refractivity contribution >= 4 is 12.6 Å². The topological polar surface area (TPSA) is 0 Å². The molecule has 1 unspecified atom stereocenters. The first-order valence-corrected chi connectivity index (χ1v) is 5.77. The number of rotatable bonds is 6. The van der Waals surface area contributed by atoms with E-state index in [4.69, 9.17) is 0 Å². The van der Waals surface area contributed by atoms with E-state index in [2.05, 4.69) is 12.6 Å². The molecule has 0 saturated heterocycles. The third-order valence-electron chi connectivity index (χ3n) is 2.52. The van der Waals surface area contributed by atoms with E-state index in [-0.39, 0.29) is 0 Å². The molecule has 0 heterocycles. The average Bonchev–Trinajstić information content (AvgIpc) is 2.25. The molecule has 0 saturated carbocycles. The summed E-state index contributed by atoms with van der Waals surface area (Å²) in [7, 11) is 0. The number of thiol groups is 1. The minimum atomic E-state index is -7.32. The molecule has 0 bridgehead atoms. The second-order valence-electron chi connectivity index (χ2n) is 4.42. The molecule has 0 N–H and O–H groups in total. The molecular weight excluding hydrogens is 349 g/mol. The van der Waals surface area contributed by atoms with Crippen LogP contribution in [-0.4, -0.2) is 35.6 Å². The third-order valence-corrected chi connectivity index (χ3v) is 3.14. The standard InChI is InChI=1S/C9H9F11S/c1-4(3-21)2-5(10,11)6(12,13)7(14,15)8(16,17)9(18,19)20/h4,21H,2-3H2,1H3. The van der Waals surface area contributed by atoms with Crippen molar-refractivity contribution in [3.63, 3.8) is 0 Å². The molecule has 0 rings (SSSR count). The van der Waals surface area contributed by atoms with Gasteiger partial charge in [-0.25, -0.2) is 0 Å². The van der Waals surface area contributed by atoms with Gasteiger partial charge in [-0.3, -0.25) is 0 Å². The van der Waals surface area contributed by atoms with Gasteiger partial charge in [0.1, 0.15) is 0 Å². The van der Waals surface area contributed by atoms with E-state index in [1.54, 1.807) is 0 Å². The van der Waals surface area contributed by atoms with Crippen LogP contribution in [0.5, 0.6) is 0 Å². The maximum atomic E-state index is 13.1. The van der Waals surface area contributed by atoms with E-state index in [1.165, 1.54) is 0 Å². The van der Waals surface area contributed by atoms with Crippen LogP contribution in [0, 0.1) is 5.92 Å². The normalized spacial score (nSPS) is 17.0. The van der Waals surface area contributed by atoms with Crippen molar-refractivity contribution in [2.24, 2.45) is 5.92 Å². The zero-order chi connectivity index (χ0) is 17.5. The van der Waals surface area contributed by atoms with E-state index >= 15 is 0 Å². The minimum Gasteiger partial charge on any atom is -0.200 e. The lowest BCUT2D eigenvalue weighted by molar-refractivity contribution is -0.423. The van der Waals surface area contributed by atoms with Crippen molar-refractivity contribution in [2.45, 2.75) is 43.2 Å². The van der Waals surface area contributed by atoms with Gasteiger partial charge in [-0.1, -0.05) is 6.92 Å². The zero-order valence-corrected chi connectivity index (χ0v) is 11.0. The van der Waals surface area contributed by atoms with Crippen molar-refractivity contribution in [1.82, 2.24) is 0 Å². The van der Waals surface area contributed by atoms with Gasteiger partial charge in [-0.15, -0.1) is 0 Å². The monoisotopic (exact) mass is 358 g/mol. The molecule has 0 spiro atoms. The zero-order valence-electron chi connectivity index (χ0n) is 10.1. The van der Waals surface area contributed by atoms with Gasteiger partial charge < -0.3 is 0 Å². The lowest BCUT2D eigenvalue weighted by Crippen LogP contribution is -2.66. The largest absolute Gasteiger partial charge is 0.460 e. The molecule has 0 amide bonds. The fourth-order valence-corrected chi connectivity index (χ4v) is 1.36. The van der Waals surface area contributed by atoms with Crippen molar-refractivity contribution in [2.75, 3.05) is 5.75 Å². The molecule has 128 valence electrons. The van der Waals surface area contributed by atoms with Gasteiger partial charge in [-0.05, 0) is 11.7 Å². The first kappa shape index (κ1) is 20.6. The van der Waals surface area contributed by atoms with Gasteiger partial charge in [0.25, 0.3) is 0 Å². The molecule has 0 aromatic rings. The van der Waals surface area contributed by atoms with Crippen molar-refractivity contribution < 1.29 is 48.3 Å². The second-order valence-corrected chi connectivity index (χ2v) is 4.78. The summed E-state index contributed by atoms with van der Waals surface area (Å²) in [6, 6.07) is 0. The van der Waals surface area contributed by atoms with Crippen LogP contribution >= 0.6 is 12.6 Å². The molecule has 12 heteroatoms. The highest BCUT2D eigenvalue weighted by atomic mass is 32.1. The molecule has 1 atom stereocenters. The van der Waals surface area contributed by atoms with Gasteiger partial charge in [0.2, 0.25) is 0 Å². The molecule has 0 nitrogen and oxygen atoms in total. The van der Waals surface area contributed by atoms with Gasteiger partial charge in [0.15, 0.2) is 0 Å². The molecule has 0 aromatic carbocycles. The predicted octanol–water partition coefficient (Wildman–Crippen LogP) is 5.05. The van der Waals surface area contributed by atoms with Crippen LogP contribution < -0.4 is 0 Å². The van der Waals surface area contributed by atoms with Gasteiger partial charge in [-0.2, -0.15) is 60.9 Å². The van der Waals surface area contributed by atoms with E-state index in [9.17, 15) is 48.3 Å². The quantitative estimate of drug-likeness (QED) is 0.499. The van der Waals surface area contributed by atoms with E-state index in [0.29, 0.717) is 0 Å². The van der Waals surface area contributed by atoms with Crippen LogP contribution in [0.25, 0.3) is 0 Å². The Morgan fingerprint density at radius 1 is 0.714 bits per heavy atom. The maximum Gasteiger partial charge on any atom is 0.460 e. The van der Waals surface area contributed by atoms with E-state index < -0.39 is 48.0 Å². The van der Waals surface area contributed by atoms with Crippen LogP contribution in [-0.2, 0) is 0 Å². The lowest BCUT2D eigenvalue weighted by atomic mass is 9.92. The van der Waals surface area contributed by atoms with E-state index in [1.807, 2.05) is 0 Å². The Morgan fingerprint density at radius 2 is 1.10 bits per heavy atom. The number of hydrogen-bond donors (Lipinski definition) is 1. The summed E-state index contributed by atoms with van der Waals surface area (Å²) in [5.74, 6) is -29.3. The highest BCUT2D eigenvalue weighted by Crippen LogP contribution is 2.58. The Bertz CT molecular complexity index is 359. The Morgan fingerprint density at radius 3 is 1.38 bits per heavy atom. The third kappa shape index (κ3) is 3.34. The highest BCUT2D eigenvalue weighted by molar-refractivity contribution is 7.80. The minimum absolute atomic E-state index is 0.493. The average molecular weight is 358 g/mol. The Balaban J connectivity index is 5.77.